The molecule has 0 radical (unpaired) electrons. The molecule has 0 atom stereocenters. The van der Waals surface area contributed by atoms with Crippen molar-refractivity contribution in [3.63, 3.8) is 0 Å². The van der Waals surface area contributed by atoms with Crippen LogP contribution in [0.1, 0.15) is 12.5 Å². The van der Waals surface area contributed by atoms with Crippen LogP contribution in [0.3, 0.4) is 0 Å². The van der Waals surface area contributed by atoms with E-state index in [1.54, 1.807) is 0 Å². The predicted octanol–water partition coefficient (Wildman–Crippen LogP) is -1.18. The van der Waals surface area contributed by atoms with E-state index in [9.17, 15) is 0 Å². The summed E-state index contributed by atoms with van der Waals surface area (Å²) in [6.07, 6.45) is 0. The van der Waals surface area contributed by atoms with Gasteiger partial charge in [-0.25, -0.2) is 0 Å². The molecule has 2 nitrogen and oxygen atoms in total. The van der Waals surface area contributed by atoms with Crippen LogP contribution in [0.15, 0.2) is 24.3 Å². The molecule has 0 N–H and O–H groups in total. The minimum atomic E-state index is -1.45. The van der Waals surface area contributed by atoms with Crippen LogP contribution >= 0.6 is 0 Å². The standard InChI is InChI=1S/C13H19O2Si.ClH.Mg/c1-13(14-9-10-15-13)11-5-7-12(8-6-11)16(2,3)4;;/h5-8H,2,9-10H2,1,3-4H3;1H;/q-1;;+2/p-1. The van der Waals surface area contributed by atoms with Crippen molar-refractivity contribution >= 4 is 36.3 Å². The summed E-state index contributed by atoms with van der Waals surface area (Å²) < 4.78 is 11.3. The Morgan fingerprint density at radius 3 is 1.94 bits per heavy atom. The number of hydrogen-bond donors (Lipinski definition) is 0. The molecule has 0 unspecified atom stereocenters. The molecule has 18 heavy (non-hydrogen) atoms. The Hall–Kier alpha value is 0.413. The van der Waals surface area contributed by atoms with Crippen LogP contribution in [0.4, 0.5) is 0 Å². The van der Waals surface area contributed by atoms with E-state index in [0.717, 1.165) is 5.56 Å². The van der Waals surface area contributed by atoms with E-state index in [-0.39, 0.29) is 35.5 Å². The fraction of sp³-hybridized carbons (Fsp3) is 0.462. The van der Waals surface area contributed by atoms with E-state index in [1.807, 2.05) is 6.92 Å². The Kier molecular flexibility index (Phi) is 6.88. The third-order valence-electron chi connectivity index (χ3n) is 3.03. The monoisotopic (exact) mass is 294 g/mol. The quantitative estimate of drug-likeness (QED) is 0.505. The van der Waals surface area contributed by atoms with Crippen LogP contribution in [0.25, 0.3) is 0 Å². The molecule has 2 rings (SSSR count). The maximum atomic E-state index is 5.63. The van der Waals surface area contributed by atoms with Crippen molar-refractivity contribution in [3.05, 3.63) is 36.4 Å². The van der Waals surface area contributed by atoms with E-state index in [2.05, 4.69) is 43.9 Å². The molecule has 0 spiro atoms. The Morgan fingerprint density at radius 1 is 1.11 bits per heavy atom. The number of halogens is 1. The summed E-state index contributed by atoms with van der Waals surface area (Å²) in [6, 6.07) is 8.51. The van der Waals surface area contributed by atoms with Gasteiger partial charge in [0.1, 0.15) is 0 Å². The number of ether oxygens (including phenoxy) is 2. The zero-order valence-electron chi connectivity index (χ0n) is 11.3. The first kappa shape index (κ1) is 18.4. The average Bonchev–Trinajstić information content (AvgIpc) is 2.66. The minimum Gasteiger partial charge on any atom is -1.00 e. The van der Waals surface area contributed by atoms with Crippen molar-refractivity contribution in [2.45, 2.75) is 25.8 Å². The molecule has 1 aromatic carbocycles. The first-order valence-electron chi connectivity index (χ1n) is 5.66. The summed E-state index contributed by atoms with van der Waals surface area (Å²) in [5.74, 6) is -0.550. The summed E-state index contributed by atoms with van der Waals surface area (Å²) in [4.78, 5) is 0. The first-order valence-corrected chi connectivity index (χ1v) is 8.87. The van der Waals surface area contributed by atoms with Gasteiger partial charge in [0.05, 0.1) is 13.2 Å². The Labute approximate surface area is 133 Å². The molecule has 0 amide bonds. The van der Waals surface area contributed by atoms with E-state index in [1.165, 1.54) is 5.19 Å². The zero-order valence-corrected chi connectivity index (χ0v) is 14.5. The molecule has 1 aromatic rings. The second kappa shape index (κ2) is 6.72. The summed E-state index contributed by atoms with van der Waals surface area (Å²) >= 11 is 0. The molecule has 1 aliphatic rings. The molecular formula is C13H19ClMgO2Si. The van der Waals surface area contributed by atoms with E-state index in [0.29, 0.717) is 13.2 Å². The molecule has 1 saturated heterocycles. The first-order chi connectivity index (χ1) is 7.42. The molecule has 1 aliphatic heterocycles. The molecule has 0 aromatic heterocycles. The fourth-order valence-electron chi connectivity index (χ4n) is 1.91. The summed E-state index contributed by atoms with van der Waals surface area (Å²) in [5.41, 5.74) is 1.09. The van der Waals surface area contributed by atoms with Crippen LogP contribution in [-0.4, -0.2) is 44.3 Å². The van der Waals surface area contributed by atoms with E-state index < -0.39 is 13.9 Å². The van der Waals surface area contributed by atoms with Crippen molar-refractivity contribution < 1.29 is 21.9 Å². The summed E-state index contributed by atoms with van der Waals surface area (Å²) in [7, 11) is -1.45. The van der Waals surface area contributed by atoms with E-state index in [4.69, 9.17) is 9.47 Å². The van der Waals surface area contributed by atoms with Crippen molar-refractivity contribution in [2.75, 3.05) is 13.2 Å². The Balaban J connectivity index is 0.00000144. The van der Waals surface area contributed by atoms with Gasteiger partial charge >= 0.3 is 23.1 Å². The van der Waals surface area contributed by atoms with Gasteiger partial charge in [0.25, 0.3) is 0 Å². The van der Waals surface area contributed by atoms with E-state index >= 15 is 0 Å². The third-order valence-corrected chi connectivity index (χ3v) is 4.93. The smallest absolute Gasteiger partial charge is 1.00 e. The molecule has 0 saturated carbocycles. The second-order valence-electron chi connectivity index (χ2n) is 5.10. The topological polar surface area (TPSA) is 18.5 Å². The average molecular weight is 295 g/mol. The maximum Gasteiger partial charge on any atom is 2.00 e. The Bertz CT molecular complexity index is 370. The second-order valence-corrected chi connectivity index (χ2v) is 9.45. The van der Waals surface area contributed by atoms with Gasteiger partial charge in [-0.1, -0.05) is 50.6 Å². The SMILES string of the molecule is [CH2-][Si](C)(C)c1ccc(C2(C)OCCO2)cc1.[Cl-].[Mg+2]. The molecule has 1 fully saturated rings. The van der Waals surface area contributed by atoms with Crippen molar-refractivity contribution in [1.82, 2.24) is 0 Å². The minimum absolute atomic E-state index is 0. The number of rotatable bonds is 2. The molecule has 96 valence electrons. The van der Waals surface area contributed by atoms with Crippen molar-refractivity contribution in [1.29, 1.82) is 0 Å². The molecule has 0 bridgehead atoms. The van der Waals surface area contributed by atoms with Crippen LogP contribution in [0.5, 0.6) is 0 Å². The Morgan fingerprint density at radius 2 is 1.56 bits per heavy atom. The van der Waals surface area contributed by atoms with Gasteiger partial charge in [0.15, 0.2) is 5.79 Å². The predicted molar refractivity (Wildman–Crippen MR) is 73.9 cm³/mol. The van der Waals surface area contributed by atoms with Crippen molar-refractivity contribution in [2.24, 2.45) is 0 Å². The van der Waals surface area contributed by atoms with Crippen molar-refractivity contribution in [3.8, 4) is 0 Å². The fourth-order valence-corrected chi connectivity index (χ4v) is 2.97. The number of hydrogen-bond acceptors (Lipinski definition) is 2. The van der Waals surface area contributed by atoms with Gasteiger partial charge in [-0.15, -0.1) is 0 Å². The van der Waals surface area contributed by atoms with Crippen LogP contribution < -0.4 is 17.6 Å². The molecule has 0 aliphatic carbocycles. The zero-order chi connectivity index (χ0) is 11.8. The largest absolute Gasteiger partial charge is 2.00 e. The third kappa shape index (κ3) is 3.95. The van der Waals surface area contributed by atoms with Gasteiger partial charge in [0, 0.05) is 5.56 Å². The number of benzene rings is 1. The normalized spacial score (nSPS) is 17.8. The van der Waals surface area contributed by atoms with Crippen LogP contribution in [-0.2, 0) is 15.3 Å². The van der Waals surface area contributed by atoms with Gasteiger partial charge < -0.3 is 28.4 Å². The van der Waals surface area contributed by atoms with Gasteiger partial charge in [-0.3, -0.25) is 0 Å². The van der Waals surface area contributed by atoms with Crippen LogP contribution in [0.2, 0.25) is 13.1 Å². The maximum absolute atomic E-state index is 5.63. The summed E-state index contributed by atoms with van der Waals surface area (Å²) in [5, 5.41) is 1.36. The summed E-state index contributed by atoms with van der Waals surface area (Å²) in [6.45, 7) is 12.1. The van der Waals surface area contributed by atoms with Crippen LogP contribution in [0, 0.1) is 6.55 Å². The van der Waals surface area contributed by atoms with Gasteiger partial charge in [0.2, 0.25) is 0 Å². The molecule has 1 heterocycles. The molecular weight excluding hydrogens is 276 g/mol. The van der Waals surface area contributed by atoms with Gasteiger partial charge in [-0.2, -0.15) is 0 Å². The van der Waals surface area contributed by atoms with Gasteiger partial charge in [-0.05, 0) is 6.92 Å². The molecule has 5 heteroatoms.